The van der Waals surface area contributed by atoms with Gasteiger partial charge in [0.05, 0.1) is 5.69 Å². The number of nitrogens with zero attached hydrogens (tertiary/aromatic N) is 4. The SMILES string of the molecule is CCCCCCC(C)c1nc(-c2cc3ccccc3[nH]2)c2c(N)ncnn12. The standard InChI is InChI=1S/C21H26N6/c1-3-4-5-6-9-14(2)21-26-18(19-20(22)23-13-24-27(19)21)17-12-15-10-7-8-11-16(15)25-17/h7-8,10-14,25H,3-6,9H2,1-2H3,(H2,22,23,24). The van der Waals surface area contributed by atoms with E-state index in [0.717, 1.165) is 40.1 Å². The fraction of sp³-hybridized carbons (Fsp3) is 0.381. The first-order valence-electron chi connectivity index (χ1n) is 9.76. The lowest BCUT2D eigenvalue weighted by atomic mass is 10.0. The molecule has 4 rings (SSSR count). The van der Waals surface area contributed by atoms with Gasteiger partial charge in [-0.3, -0.25) is 0 Å². The topological polar surface area (TPSA) is 84.9 Å². The fourth-order valence-corrected chi connectivity index (χ4v) is 3.69. The molecule has 0 bridgehead atoms. The van der Waals surface area contributed by atoms with Crippen molar-refractivity contribution in [3.05, 3.63) is 42.5 Å². The molecule has 27 heavy (non-hydrogen) atoms. The number of hydrogen-bond acceptors (Lipinski definition) is 4. The van der Waals surface area contributed by atoms with E-state index < -0.39 is 0 Å². The zero-order valence-corrected chi connectivity index (χ0v) is 15.9. The number of nitrogens with two attached hydrogens (primary N) is 1. The van der Waals surface area contributed by atoms with Crippen LogP contribution in [0.1, 0.15) is 57.7 Å². The van der Waals surface area contributed by atoms with E-state index in [9.17, 15) is 0 Å². The van der Waals surface area contributed by atoms with Gasteiger partial charge < -0.3 is 10.7 Å². The Morgan fingerprint density at radius 2 is 2.04 bits per heavy atom. The van der Waals surface area contributed by atoms with Crippen LogP contribution in [0.2, 0.25) is 0 Å². The molecule has 6 nitrogen and oxygen atoms in total. The summed E-state index contributed by atoms with van der Waals surface area (Å²) in [5, 5.41) is 5.61. The summed E-state index contributed by atoms with van der Waals surface area (Å²) in [6, 6.07) is 10.3. The van der Waals surface area contributed by atoms with Crippen LogP contribution in [0, 0.1) is 0 Å². The monoisotopic (exact) mass is 362 g/mol. The van der Waals surface area contributed by atoms with Gasteiger partial charge in [0.15, 0.2) is 5.82 Å². The van der Waals surface area contributed by atoms with Crippen molar-refractivity contribution in [2.45, 2.75) is 51.9 Å². The highest BCUT2D eigenvalue weighted by atomic mass is 15.3. The lowest BCUT2D eigenvalue weighted by Gasteiger charge is -2.09. The molecule has 3 aromatic heterocycles. The molecule has 140 valence electrons. The van der Waals surface area contributed by atoms with E-state index in [1.54, 1.807) is 0 Å². The van der Waals surface area contributed by atoms with Gasteiger partial charge in [0.25, 0.3) is 0 Å². The lowest BCUT2D eigenvalue weighted by molar-refractivity contribution is 0.553. The van der Waals surface area contributed by atoms with Gasteiger partial charge in [-0.05, 0) is 18.6 Å². The van der Waals surface area contributed by atoms with E-state index in [4.69, 9.17) is 10.7 Å². The number of benzene rings is 1. The van der Waals surface area contributed by atoms with Crippen LogP contribution in [-0.2, 0) is 0 Å². The number of unbranched alkanes of at least 4 members (excludes halogenated alkanes) is 3. The van der Waals surface area contributed by atoms with E-state index in [-0.39, 0.29) is 0 Å². The predicted molar refractivity (Wildman–Crippen MR) is 110 cm³/mol. The summed E-state index contributed by atoms with van der Waals surface area (Å²) >= 11 is 0. The molecule has 0 saturated carbocycles. The second-order valence-corrected chi connectivity index (χ2v) is 7.24. The van der Waals surface area contributed by atoms with Crippen molar-refractivity contribution in [2.75, 3.05) is 5.73 Å². The third-order valence-corrected chi connectivity index (χ3v) is 5.20. The Labute approximate surface area is 158 Å². The Bertz CT molecular complexity index is 1030. The maximum absolute atomic E-state index is 6.22. The maximum atomic E-state index is 6.22. The number of rotatable bonds is 7. The first kappa shape index (κ1) is 17.5. The van der Waals surface area contributed by atoms with Gasteiger partial charge in [-0.2, -0.15) is 5.10 Å². The van der Waals surface area contributed by atoms with Crippen LogP contribution < -0.4 is 5.73 Å². The Morgan fingerprint density at radius 3 is 2.85 bits per heavy atom. The molecule has 0 fully saturated rings. The van der Waals surface area contributed by atoms with Crippen molar-refractivity contribution in [2.24, 2.45) is 0 Å². The van der Waals surface area contributed by atoms with Gasteiger partial charge in [-0.25, -0.2) is 14.5 Å². The normalized spacial score (nSPS) is 12.8. The van der Waals surface area contributed by atoms with Crippen molar-refractivity contribution in [3.8, 4) is 11.4 Å². The molecule has 3 heterocycles. The second-order valence-electron chi connectivity index (χ2n) is 7.24. The number of imidazole rings is 1. The fourth-order valence-electron chi connectivity index (χ4n) is 3.69. The summed E-state index contributed by atoms with van der Waals surface area (Å²) in [4.78, 5) is 12.6. The zero-order chi connectivity index (χ0) is 18.8. The van der Waals surface area contributed by atoms with Crippen LogP contribution in [0.4, 0.5) is 5.82 Å². The third-order valence-electron chi connectivity index (χ3n) is 5.20. The van der Waals surface area contributed by atoms with Crippen LogP contribution in [0.3, 0.4) is 0 Å². The van der Waals surface area contributed by atoms with E-state index in [0.29, 0.717) is 11.7 Å². The highest BCUT2D eigenvalue weighted by molar-refractivity contribution is 5.91. The lowest BCUT2D eigenvalue weighted by Crippen LogP contribution is -2.05. The Morgan fingerprint density at radius 1 is 1.19 bits per heavy atom. The van der Waals surface area contributed by atoms with Gasteiger partial charge in [-0.1, -0.05) is 57.7 Å². The summed E-state index contributed by atoms with van der Waals surface area (Å²) in [5.74, 6) is 1.71. The highest BCUT2D eigenvalue weighted by Crippen LogP contribution is 2.32. The first-order chi connectivity index (χ1) is 13.2. The minimum absolute atomic E-state index is 0.307. The van der Waals surface area contributed by atoms with Gasteiger partial charge in [-0.15, -0.1) is 0 Å². The Kier molecular flexibility index (Phi) is 4.79. The van der Waals surface area contributed by atoms with E-state index in [1.165, 1.54) is 32.0 Å². The number of nitrogens with one attached hydrogen (secondary N) is 1. The van der Waals surface area contributed by atoms with Crippen molar-refractivity contribution in [1.82, 2.24) is 24.6 Å². The summed E-state index contributed by atoms with van der Waals surface area (Å²) in [7, 11) is 0. The number of hydrogen-bond donors (Lipinski definition) is 2. The molecule has 0 aliphatic carbocycles. The number of nitrogen functional groups attached to an aromatic ring is 1. The summed E-state index contributed by atoms with van der Waals surface area (Å²) in [6.45, 7) is 4.45. The first-order valence-corrected chi connectivity index (χ1v) is 9.76. The van der Waals surface area contributed by atoms with Gasteiger partial charge in [0.1, 0.15) is 23.4 Å². The third kappa shape index (κ3) is 3.27. The molecule has 3 N–H and O–H groups in total. The number of para-hydroxylation sites is 1. The average molecular weight is 362 g/mol. The summed E-state index contributed by atoms with van der Waals surface area (Å²) in [5.41, 5.74) is 9.84. The number of aromatic nitrogens is 5. The maximum Gasteiger partial charge on any atom is 0.153 e. The van der Waals surface area contributed by atoms with Gasteiger partial charge >= 0.3 is 0 Å². The molecule has 6 heteroatoms. The summed E-state index contributed by atoms with van der Waals surface area (Å²) < 4.78 is 1.87. The van der Waals surface area contributed by atoms with Crippen molar-refractivity contribution in [1.29, 1.82) is 0 Å². The molecule has 1 atom stereocenters. The molecule has 1 aromatic carbocycles. The van der Waals surface area contributed by atoms with Crippen molar-refractivity contribution >= 4 is 22.2 Å². The average Bonchev–Trinajstić information content (AvgIpc) is 3.27. The van der Waals surface area contributed by atoms with Crippen LogP contribution in [0.5, 0.6) is 0 Å². The largest absolute Gasteiger partial charge is 0.382 e. The van der Waals surface area contributed by atoms with Crippen LogP contribution in [-0.4, -0.2) is 24.6 Å². The second kappa shape index (κ2) is 7.39. The number of H-pyrrole nitrogens is 1. The van der Waals surface area contributed by atoms with Gasteiger partial charge in [0.2, 0.25) is 0 Å². The molecular formula is C21H26N6. The predicted octanol–water partition coefficient (Wildman–Crippen LogP) is 4.93. The smallest absolute Gasteiger partial charge is 0.153 e. The summed E-state index contributed by atoms with van der Waals surface area (Å²) in [6.07, 6.45) is 7.59. The van der Waals surface area contributed by atoms with E-state index in [1.807, 2.05) is 16.6 Å². The molecule has 0 spiro atoms. The quantitative estimate of drug-likeness (QED) is 0.457. The number of anilines is 1. The molecule has 4 aromatic rings. The number of aromatic amines is 1. The molecule has 1 unspecified atom stereocenters. The molecule has 0 aliphatic heterocycles. The van der Waals surface area contributed by atoms with E-state index >= 15 is 0 Å². The van der Waals surface area contributed by atoms with Crippen LogP contribution in [0.25, 0.3) is 27.8 Å². The molecule has 0 aliphatic rings. The van der Waals surface area contributed by atoms with Gasteiger partial charge in [0, 0.05) is 16.8 Å². The van der Waals surface area contributed by atoms with E-state index in [2.05, 4.69) is 47.1 Å². The Balaban J connectivity index is 1.77. The molecular weight excluding hydrogens is 336 g/mol. The minimum Gasteiger partial charge on any atom is -0.382 e. The minimum atomic E-state index is 0.307. The molecule has 0 saturated heterocycles. The molecule has 0 amide bonds. The van der Waals surface area contributed by atoms with Crippen molar-refractivity contribution in [3.63, 3.8) is 0 Å². The van der Waals surface area contributed by atoms with Crippen molar-refractivity contribution < 1.29 is 0 Å². The Hall–Kier alpha value is -2.89. The zero-order valence-electron chi connectivity index (χ0n) is 15.9. The van der Waals surface area contributed by atoms with Crippen LogP contribution in [0.15, 0.2) is 36.7 Å². The molecule has 0 radical (unpaired) electrons. The van der Waals surface area contributed by atoms with Crippen LogP contribution >= 0.6 is 0 Å². The number of fused-ring (bicyclic) bond motifs is 2. The highest BCUT2D eigenvalue weighted by Gasteiger charge is 2.21.